The van der Waals surface area contributed by atoms with Gasteiger partial charge in [0.25, 0.3) is 5.91 Å². The van der Waals surface area contributed by atoms with Crippen molar-refractivity contribution < 1.29 is 24.9 Å². The number of nitrogens with zero attached hydrogens (tertiary/aromatic N) is 1. The van der Waals surface area contributed by atoms with Crippen molar-refractivity contribution in [2.24, 2.45) is 0 Å². The summed E-state index contributed by atoms with van der Waals surface area (Å²) in [5.41, 5.74) is 0.713. The van der Waals surface area contributed by atoms with Gasteiger partial charge < -0.3 is 25.4 Å². The van der Waals surface area contributed by atoms with Crippen LogP contribution in [0.3, 0.4) is 0 Å². The lowest BCUT2D eigenvalue weighted by atomic mass is 10.1. The second kappa shape index (κ2) is 8.09. The molecule has 0 fully saturated rings. The maximum absolute atomic E-state index is 12.1. The fraction of sp³-hybridized carbons (Fsp3) is 0.100. The van der Waals surface area contributed by atoms with Crippen LogP contribution >= 0.6 is 0 Å². The predicted molar refractivity (Wildman–Crippen MR) is 98.2 cm³/mol. The molecule has 7 heteroatoms. The van der Waals surface area contributed by atoms with Crippen LogP contribution < -0.4 is 10.1 Å². The van der Waals surface area contributed by atoms with Gasteiger partial charge in [0, 0.05) is 31.1 Å². The van der Waals surface area contributed by atoms with Gasteiger partial charge in [0.2, 0.25) is 0 Å². The van der Waals surface area contributed by atoms with Gasteiger partial charge in [-0.3, -0.25) is 9.78 Å². The van der Waals surface area contributed by atoms with Crippen molar-refractivity contribution in [3.63, 3.8) is 0 Å². The van der Waals surface area contributed by atoms with Crippen LogP contribution in [0.2, 0.25) is 0 Å². The Balaban J connectivity index is 1.54. The smallest absolute Gasteiger partial charge is 0.258 e. The SMILES string of the molecule is O=C(NCCc1ccc(Oc2ccncc2)cc1)c1c(O)cc(O)cc1O. The minimum Gasteiger partial charge on any atom is -0.508 e. The van der Waals surface area contributed by atoms with Crippen LogP contribution in [0, 0.1) is 0 Å². The number of hydrogen-bond acceptors (Lipinski definition) is 6. The Morgan fingerprint density at radius 2 is 1.52 bits per heavy atom. The number of rotatable bonds is 6. The molecule has 0 aliphatic heterocycles. The fourth-order valence-electron chi connectivity index (χ4n) is 2.51. The Kier molecular flexibility index (Phi) is 5.41. The number of aromatic nitrogens is 1. The Bertz CT molecular complexity index is 904. The molecule has 0 radical (unpaired) electrons. The van der Waals surface area contributed by atoms with Crippen LogP contribution in [0.25, 0.3) is 0 Å². The molecule has 4 N–H and O–H groups in total. The number of carbonyl (C=O) groups excluding carboxylic acids is 1. The lowest BCUT2D eigenvalue weighted by Crippen LogP contribution is -2.25. The van der Waals surface area contributed by atoms with Crippen LogP contribution in [0.4, 0.5) is 0 Å². The normalized spacial score (nSPS) is 10.4. The Morgan fingerprint density at radius 3 is 2.15 bits per heavy atom. The lowest BCUT2D eigenvalue weighted by molar-refractivity contribution is 0.0948. The minimum atomic E-state index is -0.623. The number of phenolic OH excluding ortho intramolecular Hbond substituents is 3. The number of benzene rings is 2. The number of phenols is 3. The molecule has 0 unspecified atom stereocenters. The molecule has 0 atom stereocenters. The third-order valence-electron chi connectivity index (χ3n) is 3.82. The van der Waals surface area contributed by atoms with Gasteiger partial charge in [0.15, 0.2) is 0 Å². The molecule has 1 amide bonds. The standard InChI is InChI=1S/C20H18N2O5/c23-14-11-17(24)19(18(25)12-14)20(26)22-10-5-13-1-3-15(4-2-13)27-16-6-8-21-9-7-16/h1-4,6-9,11-12,23-25H,5,10H2,(H,22,26). The maximum atomic E-state index is 12.1. The molecule has 0 aliphatic carbocycles. The van der Waals surface area contributed by atoms with Gasteiger partial charge in [0.1, 0.15) is 34.3 Å². The number of ether oxygens (including phenoxy) is 1. The van der Waals surface area contributed by atoms with Gasteiger partial charge in [-0.15, -0.1) is 0 Å². The summed E-state index contributed by atoms with van der Waals surface area (Å²) in [5.74, 6) is -0.532. The summed E-state index contributed by atoms with van der Waals surface area (Å²) in [6.07, 6.45) is 3.85. The summed E-state index contributed by atoms with van der Waals surface area (Å²) in [4.78, 5) is 16.0. The first-order valence-corrected chi connectivity index (χ1v) is 8.23. The van der Waals surface area contributed by atoms with Gasteiger partial charge >= 0.3 is 0 Å². The lowest BCUT2D eigenvalue weighted by Gasteiger charge is -2.10. The second-order valence-electron chi connectivity index (χ2n) is 5.79. The van der Waals surface area contributed by atoms with Gasteiger partial charge in [-0.2, -0.15) is 0 Å². The molecular formula is C20H18N2O5. The molecule has 3 rings (SSSR count). The summed E-state index contributed by atoms with van der Waals surface area (Å²) in [6, 6.07) is 12.9. The van der Waals surface area contributed by atoms with Crippen LogP contribution in [0.15, 0.2) is 60.9 Å². The molecule has 7 nitrogen and oxygen atoms in total. The molecule has 2 aromatic carbocycles. The zero-order chi connectivity index (χ0) is 19.2. The molecule has 0 saturated heterocycles. The van der Waals surface area contributed by atoms with E-state index in [1.807, 2.05) is 24.3 Å². The number of amides is 1. The number of aromatic hydroxyl groups is 3. The van der Waals surface area contributed by atoms with E-state index in [1.165, 1.54) is 0 Å². The summed E-state index contributed by atoms with van der Waals surface area (Å²) in [5, 5.41) is 31.3. The molecular weight excluding hydrogens is 348 g/mol. The van der Waals surface area contributed by atoms with E-state index in [-0.39, 0.29) is 11.3 Å². The molecule has 0 bridgehead atoms. The summed E-state index contributed by atoms with van der Waals surface area (Å²) >= 11 is 0. The van der Waals surface area contributed by atoms with E-state index in [4.69, 9.17) is 4.74 Å². The largest absolute Gasteiger partial charge is 0.508 e. The quantitative estimate of drug-likeness (QED) is 0.534. The van der Waals surface area contributed by atoms with Gasteiger partial charge in [-0.05, 0) is 36.2 Å². The predicted octanol–water partition coefficient (Wildman–Crippen LogP) is 2.96. The molecule has 138 valence electrons. The number of nitrogens with one attached hydrogen (secondary N) is 1. The minimum absolute atomic E-state index is 0.270. The van der Waals surface area contributed by atoms with Crippen molar-refractivity contribution >= 4 is 5.91 Å². The van der Waals surface area contributed by atoms with E-state index in [9.17, 15) is 20.1 Å². The second-order valence-corrected chi connectivity index (χ2v) is 5.79. The van der Waals surface area contributed by atoms with Crippen LogP contribution in [-0.4, -0.2) is 32.8 Å². The summed E-state index contributed by atoms with van der Waals surface area (Å²) in [6.45, 7) is 0.309. The van der Waals surface area contributed by atoms with Gasteiger partial charge in [-0.25, -0.2) is 0 Å². The van der Waals surface area contributed by atoms with Crippen LogP contribution in [0.1, 0.15) is 15.9 Å². The Hall–Kier alpha value is -3.74. The summed E-state index contributed by atoms with van der Waals surface area (Å²) < 4.78 is 5.68. The highest BCUT2D eigenvalue weighted by atomic mass is 16.5. The third kappa shape index (κ3) is 4.66. The number of pyridine rings is 1. The molecule has 1 aromatic heterocycles. The van der Waals surface area contributed by atoms with Crippen molar-refractivity contribution in [1.29, 1.82) is 0 Å². The first-order chi connectivity index (χ1) is 13.0. The van der Waals surface area contributed by atoms with Crippen molar-refractivity contribution in [1.82, 2.24) is 10.3 Å². The van der Waals surface area contributed by atoms with E-state index in [0.29, 0.717) is 24.5 Å². The van der Waals surface area contributed by atoms with Gasteiger partial charge in [-0.1, -0.05) is 12.1 Å². The fourth-order valence-corrected chi connectivity index (χ4v) is 2.51. The van der Waals surface area contributed by atoms with Gasteiger partial charge in [0.05, 0.1) is 0 Å². The monoisotopic (exact) mass is 366 g/mol. The average molecular weight is 366 g/mol. The van der Waals surface area contributed by atoms with Crippen molar-refractivity contribution in [3.8, 4) is 28.7 Å². The van der Waals surface area contributed by atoms with E-state index >= 15 is 0 Å². The van der Waals surface area contributed by atoms with Crippen LogP contribution in [0.5, 0.6) is 28.7 Å². The zero-order valence-electron chi connectivity index (χ0n) is 14.3. The summed E-state index contributed by atoms with van der Waals surface area (Å²) in [7, 11) is 0. The third-order valence-corrected chi connectivity index (χ3v) is 3.82. The molecule has 0 saturated carbocycles. The highest BCUT2D eigenvalue weighted by Gasteiger charge is 2.17. The average Bonchev–Trinajstić information content (AvgIpc) is 2.63. The highest BCUT2D eigenvalue weighted by Crippen LogP contribution is 2.31. The molecule has 1 heterocycles. The van der Waals surface area contributed by atoms with Crippen LogP contribution in [-0.2, 0) is 6.42 Å². The highest BCUT2D eigenvalue weighted by molar-refractivity contribution is 5.99. The Labute approximate surface area is 155 Å². The van der Waals surface area contributed by atoms with Crippen molar-refractivity contribution in [2.75, 3.05) is 6.54 Å². The molecule has 3 aromatic rings. The molecule has 0 aliphatic rings. The zero-order valence-corrected chi connectivity index (χ0v) is 14.3. The van der Waals surface area contributed by atoms with E-state index in [2.05, 4.69) is 10.3 Å². The van der Waals surface area contributed by atoms with E-state index in [1.54, 1.807) is 24.5 Å². The number of hydrogen-bond donors (Lipinski definition) is 4. The Morgan fingerprint density at radius 1 is 0.926 bits per heavy atom. The molecule has 0 spiro atoms. The number of carbonyl (C=O) groups is 1. The first kappa shape index (κ1) is 18.1. The maximum Gasteiger partial charge on any atom is 0.258 e. The molecule has 27 heavy (non-hydrogen) atoms. The topological polar surface area (TPSA) is 112 Å². The van der Waals surface area contributed by atoms with E-state index < -0.39 is 17.4 Å². The first-order valence-electron chi connectivity index (χ1n) is 8.23. The van der Waals surface area contributed by atoms with Crippen molar-refractivity contribution in [2.45, 2.75) is 6.42 Å². The van der Waals surface area contributed by atoms with Crippen molar-refractivity contribution in [3.05, 3.63) is 72.1 Å². The van der Waals surface area contributed by atoms with E-state index in [0.717, 1.165) is 17.7 Å².